The molecule has 0 radical (unpaired) electrons. The molecule has 1 fully saturated rings. The van der Waals surface area contributed by atoms with Crippen molar-refractivity contribution in [2.24, 2.45) is 0 Å². The Labute approximate surface area is 203 Å². The van der Waals surface area contributed by atoms with Gasteiger partial charge in [-0.1, -0.05) is 41.9 Å². The summed E-state index contributed by atoms with van der Waals surface area (Å²) >= 11 is 6.40. The number of carboxylic acid groups (broad SMARTS) is 1. The first kappa shape index (κ1) is 24.2. The van der Waals surface area contributed by atoms with Crippen molar-refractivity contribution < 1.29 is 24.2 Å². The van der Waals surface area contributed by atoms with E-state index in [4.69, 9.17) is 31.0 Å². The predicted octanol–water partition coefficient (Wildman–Crippen LogP) is 4.26. The summed E-state index contributed by atoms with van der Waals surface area (Å²) in [4.78, 5) is 17.5. The van der Waals surface area contributed by atoms with Crippen molar-refractivity contribution in [2.45, 2.75) is 32.6 Å². The molecule has 180 valence electrons. The van der Waals surface area contributed by atoms with Crippen LogP contribution in [0.4, 0.5) is 0 Å². The number of hydroxylamine groups is 2. The Morgan fingerprint density at radius 3 is 2.65 bits per heavy atom. The lowest BCUT2D eigenvalue weighted by Crippen LogP contribution is -2.38. The van der Waals surface area contributed by atoms with Gasteiger partial charge in [0.2, 0.25) is 0 Å². The Hall–Kier alpha value is -2.91. The number of morpholine rings is 1. The standard InChI is InChI=1S/C25H28ClN3O5/c1-25(2,24(30)31)33-17-20-15-23(29(27-20)16-19-6-3-4-9-22(19)26)18-7-5-8-21(14-18)34-28-10-12-32-13-11-28/h3-9,14-15H,10-13,16-17H2,1-2H3,(H,30,31). The normalized spacial score (nSPS) is 14.8. The zero-order valence-electron chi connectivity index (χ0n) is 19.2. The molecule has 3 aromatic rings. The van der Waals surface area contributed by atoms with Crippen molar-refractivity contribution >= 4 is 17.6 Å². The zero-order chi connectivity index (χ0) is 24.1. The Morgan fingerprint density at radius 1 is 1.15 bits per heavy atom. The molecule has 0 unspecified atom stereocenters. The van der Waals surface area contributed by atoms with E-state index in [1.165, 1.54) is 13.8 Å². The van der Waals surface area contributed by atoms with Gasteiger partial charge in [0.25, 0.3) is 0 Å². The molecule has 1 saturated heterocycles. The monoisotopic (exact) mass is 485 g/mol. The molecule has 9 heteroatoms. The molecule has 0 spiro atoms. The Morgan fingerprint density at radius 2 is 1.91 bits per heavy atom. The Balaban J connectivity index is 1.63. The van der Waals surface area contributed by atoms with Gasteiger partial charge in [-0.25, -0.2) is 4.79 Å². The maximum atomic E-state index is 11.4. The van der Waals surface area contributed by atoms with Gasteiger partial charge in [0, 0.05) is 10.6 Å². The highest BCUT2D eigenvalue weighted by molar-refractivity contribution is 6.31. The molecule has 0 aliphatic carbocycles. The molecular formula is C25H28ClN3O5. The van der Waals surface area contributed by atoms with E-state index in [2.05, 4.69) is 0 Å². The van der Waals surface area contributed by atoms with Gasteiger partial charge in [0.05, 0.1) is 50.8 Å². The summed E-state index contributed by atoms with van der Waals surface area (Å²) in [5.74, 6) is -0.314. The predicted molar refractivity (Wildman–Crippen MR) is 128 cm³/mol. The minimum atomic E-state index is -1.32. The largest absolute Gasteiger partial charge is 0.479 e. The van der Waals surface area contributed by atoms with Crippen LogP contribution in [0.3, 0.4) is 0 Å². The fraction of sp³-hybridized carbons (Fsp3) is 0.360. The number of benzene rings is 2. The third-order valence-corrected chi connectivity index (χ3v) is 5.91. The van der Waals surface area contributed by atoms with E-state index in [1.54, 1.807) is 0 Å². The number of carbonyl (C=O) groups is 1. The Bertz CT molecular complexity index is 1140. The molecule has 2 heterocycles. The van der Waals surface area contributed by atoms with E-state index in [9.17, 15) is 9.90 Å². The number of nitrogens with zero attached hydrogens (tertiary/aromatic N) is 3. The number of halogens is 1. The second-order valence-electron chi connectivity index (χ2n) is 8.53. The van der Waals surface area contributed by atoms with Crippen LogP contribution in [-0.4, -0.2) is 57.8 Å². The second-order valence-corrected chi connectivity index (χ2v) is 8.94. The fourth-order valence-electron chi connectivity index (χ4n) is 3.50. The van der Waals surface area contributed by atoms with Crippen LogP contribution in [0.15, 0.2) is 54.6 Å². The molecule has 34 heavy (non-hydrogen) atoms. The molecule has 0 amide bonds. The lowest BCUT2D eigenvalue weighted by molar-refractivity contribution is -0.162. The van der Waals surface area contributed by atoms with Gasteiger partial charge in [-0.05, 0) is 43.7 Å². The number of aliphatic carboxylic acids is 1. The molecular weight excluding hydrogens is 458 g/mol. The van der Waals surface area contributed by atoms with Gasteiger partial charge >= 0.3 is 5.97 Å². The maximum Gasteiger partial charge on any atom is 0.335 e. The maximum absolute atomic E-state index is 11.4. The summed E-state index contributed by atoms with van der Waals surface area (Å²) in [5.41, 5.74) is 1.98. The van der Waals surface area contributed by atoms with Gasteiger partial charge < -0.3 is 19.4 Å². The number of rotatable bonds is 9. The number of hydrogen-bond acceptors (Lipinski definition) is 6. The molecule has 1 aromatic heterocycles. The van der Waals surface area contributed by atoms with Gasteiger partial charge in [-0.3, -0.25) is 4.68 Å². The third-order valence-electron chi connectivity index (χ3n) is 5.54. The molecule has 1 aliphatic rings. The smallest absolute Gasteiger partial charge is 0.335 e. The fourth-order valence-corrected chi connectivity index (χ4v) is 3.69. The highest BCUT2D eigenvalue weighted by atomic mass is 35.5. The lowest BCUT2D eigenvalue weighted by Gasteiger charge is -2.26. The van der Waals surface area contributed by atoms with Crippen LogP contribution >= 0.6 is 11.6 Å². The van der Waals surface area contributed by atoms with E-state index in [-0.39, 0.29) is 6.61 Å². The molecule has 1 aliphatic heterocycles. The Kier molecular flexibility index (Phi) is 7.53. The van der Waals surface area contributed by atoms with Crippen LogP contribution in [-0.2, 0) is 27.4 Å². The van der Waals surface area contributed by atoms with E-state index in [0.717, 1.165) is 22.6 Å². The van der Waals surface area contributed by atoms with E-state index in [0.29, 0.717) is 43.6 Å². The van der Waals surface area contributed by atoms with Crippen LogP contribution < -0.4 is 4.84 Å². The quantitative estimate of drug-likeness (QED) is 0.484. The lowest BCUT2D eigenvalue weighted by atomic mass is 10.1. The summed E-state index contributed by atoms with van der Waals surface area (Å²) in [6, 6.07) is 17.3. The van der Waals surface area contributed by atoms with Crippen LogP contribution in [0.2, 0.25) is 5.02 Å². The zero-order valence-corrected chi connectivity index (χ0v) is 20.0. The number of carboxylic acids is 1. The van der Waals surface area contributed by atoms with Crippen molar-refractivity contribution in [3.8, 4) is 17.0 Å². The highest BCUT2D eigenvalue weighted by Gasteiger charge is 2.28. The number of aromatic nitrogens is 2. The van der Waals surface area contributed by atoms with Crippen LogP contribution in [0, 0.1) is 0 Å². The van der Waals surface area contributed by atoms with Crippen LogP contribution in [0.1, 0.15) is 25.1 Å². The summed E-state index contributed by atoms with van der Waals surface area (Å²) in [6.45, 7) is 6.23. The average Bonchev–Trinajstić information content (AvgIpc) is 3.23. The van der Waals surface area contributed by atoms with Gasteiger partial charge in [-0.15, -0.1) is 5.06 Å². The van der Waals surface area contributed by atoms with Gasteiger partial charge in [-0.2, -0.15) is 5.10 Å². The van der Waals surface area contributed by atoms with E-state index in [1.807, 2.05) is 64.3 Å². The van der Waals surface area contributed by atoms with E-state index >= 15 is 0 Å². The van der Waals surface area contributed by atoms with Crippen molar-refractivity contribution in [2.75, 3.05) is 26.3 Å². The van der Waals surface area contributed by atoms with Gasteiger partial charge in [0.15, 0.2) is 5.60 Å². The molecule has 4 rings (SSSR count). The minimum absolute atomic E-state index is 0.0613. The first-order chi connectivity index (χ1) is 16.3. The topological polar surface area (TPSA) is 86.0 Å². The third kappa shape index (κ3) is 5.95. The van der Waals surface area contributed by atoms with E-state index < -0.39 is 11.6 Å². The SMILES string of the molecule is CC(C)(OCc1cc(-c2cccc(ON3CCOCC3)c2)n(Cc2ccccc2Cl)n1)C(=O)O. The highest BCUT2D eigenvalue weighted by Crippen LogP contribution is 2.28. The van der Waals surface area contributed by atoms with Crippen molar-refractivity contribution in [3.05, 3.63) is 70.9 Å². The number of hydrogen-bond donors (Lipinski definition) is 1. The molecule has 8 nitrogen and oxygen atoms in total. The summed E-state index contributed by atoms with van der Waals surface area (Å²) < 4.78 is 12.9. The molecule has 0 bridgehead atoms. The summed E-state index contributed by atoms with van der Waals surface area (Å²) in [5, 5.41) is 16.6. The van der Waals surface area contributed by atoms with Gasteiger partial charge in [0.1, 0.15) is 5.75 Å². The van der Waals surface area contributed by atoms with Crippen LogP contribution in [0.25, 0.3) is 11.3 Å². The molecule has 0 atom stereocenters. The summed E-state index contributed by atoms with van der Waals surface area (Å²) in [6.07, 6.45) is 0. The second kappa shape index (κ2) is 10.6. The average molecular weight is 486 g/mol. The van der Waals surface area contributed by atoms with Crippen LogP contribution in [0.5, 0.6) is 5.75 Å². The first-order valence-electron chi connectivity index (χ1n) is 11.1. The molecule has 0 saturated carbocycles. The van der Waals surface area contributed by atoms with Crippen molar-refractivity contribution in [3.63, 3.8) is 0 Å². The first-order valence-corrected chi connectivity index (χ1v) is 11.5. The van der Waals surface area contributed by atoms with Crippen molar-refractivity contribution in [1.29, 1.82) is 0 Å². The summed E-state index contributed by atoms with van der Waals surface area (Å²) in [7, 11) is 0. The minimum Gasteiger partial charge on any atom is -0.479 e. The number of ether oxygens (including phenoxy) is 2. The van der Waals surface area contributed by atoms with Crippen molar-refractivity contribution in [1.82, 2.24) is 14.8 Å². The molecule has 2 aromatic carbocycles. The molecule has 1 N–H and O–H groups in total.